The maximum absolute atomic E-state index is 4.41. The number of hydrogen-bond acceptors (Lipinski definition) is 4. The molecule has 0 unspecified atom stereocenters. The van der Waals surface area contributed by atoms with Crippen LogP contribution in [0.5, 0.6) is 0 Å². The van der Waals surface area contributed by atoms with Crippen molar-refractivity contribution in [2.75, 3.05) is 24.2 Å². The second-order valence-corrected chi connectivity index (χ2v) is 5.50. The number of nitrogens with one attached hydrogen (secondary N) is 2. The van der Waals surface area contributed by atoms with Crippen LogP contribution in [-0.4, -0.2) is 23.6 Å². The monoisotopic (exact) mass is 250 g/mol. The van der Waals surface area contributed by atoms with Crippen molar-refractivity contribution >= 4 is 11.8 Å². The Morgan fingerprint density at radius 1 is 1.11 bits per heavy atom. The summed E-state index contributed by atoms with van der Waals surface area (Å²) >= 11 is 0. The largest absolute Gasteiger partial charge is 0.370 e. The molecule has 1 aromatic heterocycles. The highest BCUT2D eigenvalue weighted by Gasteiger charge is 2.17. The zero-order valence-corrected chi connectivity index (χ0v) is 12.4. The Kier molecular flexibility index (Phi) is 5.38. The van der Waals surface area contributed by atoms with Crippen LogP contribution in [0.2, 0.25) is 0 Å². The predicted octanol–water partition coefficient (Wildman–Crippen LogP) is 3.17. The van der Waals surface area contributed by atoms with Gasteiger partial charge in [-0.3, -0.25) is 0 Å². The molecule has 18 heavy (non-hydrogen) atoms. The van der Waals surface area contributed by atoms with Gasteiger partial charge >= 0.3 is 0 Å². The van der Waals surface area contributed by atoms with E-state index in [-0.39, 0.29) is 0 Å². The van der Waals surface area contributed by atoms with E-state index in [1.54, 1.807) is 0 Å². The maximum Gasteiger partial charge on any atom is 0.224 e. The van der Waals surface area contributed by atoms with E-state index in [0.717, 1.165) is 18.1 Å². The molecule has 102 valence electrons. The smallest absolute Gasteiger partial charge is 0.224 e. The first-order chi connectivity index (χ1) is 8.43. The van der Waals surface area contributed by atoms with Crippen LogP contribution in [0.4, 0.5) is 11.8 Å². The van der Waals surface area contributed by atoms with Gasteiger partial charge in [0, 0.05) is 25.4 Å². The molecule has 0 aliphatic heterocycles. The molecule has 0 fully saturated rings. The van der Waals surface area contributed by atoms with Crippen LogP contribution in [0.25, 0.3) is 0 Å². The summed E-state index contributed by atoms with van der Waals surface area (Å²) in [6, 6.07) is 1.98. The summed E-state index contributed by atoms with van der Waals surface area (Å²) in [5, 5.41) is 6.41. The Morgan fingerprint density at radius 3 is 2.22 bits per heavy atom. The van der Waals surface area contributed by atoms with Crippen molar-refractivity contribution in [1.29, 1.82) is 0 Å². The van der Waals surface area contributed by atoms with Gasteiger partial charge in [0.25, 0.3) is 0 Å². The first-order valence-corrected chi connectivity index (χ1v) is 6.71. The fraction of sp³-hybridized carbons (Fsp3) is 0.714. The third-order valence-corrected chi connectivity index (χ3v) is 3.31. The van der Waals surface area contributed by atoms with Crippen LogP contribution < -0.4 is 10.6 Å². The molecule has 0 spiro atoms. The minimum absolute atomic E-state index is 0.651. The Balaban J connectivity index is 2.70. The second-order valence-electron chi connectivity index (χ2n) is 5.50. The molecule has 0 saturated carbocycles. The highest BCUT2D eigenvalue weighted by Crippen LogP contribution is 2.21. The van der Waals surface area contributed by atoms with Crippen LogP contribution in [0, 0.1) is 24.7 Å². The summed E-state index contributed by atoms with van der Waals surface area (Å²) in [5.74, 6) is 3.56. The van der Waals surface area contributed by atoms with E-state index < -0.39 is 0 Å². The highest BCUT2D eigenvalue weighted by atomic mass is 15.1. The molecular formula is C14H26N4. The minimum Gasteiger partial charge on any atom is -0.370 e. The summed E-state index contributed by atoms with van der Waals surface area (Å²) in [5.41, 5.74) is 0.975. The highest BCUT2D eigenvalue weighted by molar-refractivity contribution is 5.41. The molecule has 2 N–H and O–H groups in total. The number of aryl methyl sites for hydroxylation is 1. The number of hydrogen-bond donors (Lipinski definition) is 2. The summed E-state index contributed by atoms with van der Waals surface area (Å²) in [6.07, 6.45) is 0. The Hall–Kier alpha value is -1.32. The molecule has 0 radical (unpaired) electrons. The first kappa shape index (κ1) is 14.7. The van der Waals surface area contributed by atoms with Crippen molar-refractivity contribution in [3.63, 3.8) is 0 Å². The average molecular weight is 250 g/mol. The molecule has 1 heterocycles. The SMILES string of the molecule is CNc1nc(C)cc(NCC(C(C)C)C(C)C)n1. The molecule has 0 aliphatic rings. The van der Waals surface area contributed by atoms with E-state index in [0.29, 0.717) is 23.7 Å². The summed E-state index contributed by atoms with van der Waals surface area (Å²) in [4.78, 5) is 8.70. The minimum atomic E-state index is 0.651. The lowest BCUT2D eigenvalue weighted by Gasteiger charge is -2.25. The third kappa shape index (κ3) is 4.17. The average Bonchev–Trinajstić information content (AvgIpc) is 2.27. The zero-order chi connectivity index (χ0) is 13.7. The summed E-state index contributed by atoms with van der Waals surface area (Å²) < 4.78 is 0. The van der Waals surface area contributed by atoms with E-state index in [9.17, 15) is 0 Å². The summed E-state index contributed by atoms with van der Waals surface area (Å²) in [6.45, 7) is 12.0. The van der Waals surface area contributed by atoms with Crippen molar-refractivity contribution in [3.05, 3.63) is 11.8 Å². The van der Waals surface area contributed by atoms with E-state index >= 15 is 0 Å². The van der Waals surface area contributed by atoms with Crippen molar-refractivity contribution in [1.82, 2.24) is 9.97 Å². The Bertz CT molecular complexity index is 366. The first-order valence-electron chi connectivity index (χ1n) is 6.71. The zero-order valence-electron chi connectivity index (χ0n) is 12.4. The van der Waals surface area contributed by atoms with E-state index in [2.05, 4.69) is 48.3 Å². The van der Waals surface area contributed by atoms with E-state index in [1.807, 2.05) is 20.0 Å². The van der Waals surface area contributed by atoms with Gasteiger partial charge < -0.3 is 10.6 Å². The lowest BCUT2D eigenvalue weighted by Crippen LogP contribution is -2.25. The van der Waals surface area contributed by atoms with Gasteiger partial charge in [-0.15, -0.1) is 0 Å². The van der Waals surface area contributed by atoms with Crippen LogP contribution in [0.15, 0.2) is 6.07 Å². The Labute approximate surface area is 111 Å². The molecule has 4 nitrogen and oxygen atoms in total. The summed E-state index contributed by atoms with van der Waals surface area (Å²) in [7, 11) is 1.84. The number of nitrogens with zero attached hydrogens (tertiary/aromatic N) is 2. The van der Waals surface area contributed by atoms with Crippen molar-refractivity contribution in [2.24, 2.45) is 17.8 Å². The van der Waals surface area contributed by atoms with E-state index in [1.165, 1.54) is 0 Å². The van der Waals surface area contributed by atoms with Crippen LogP contribution in [-0.2, 0) is 0 Å². The van der Waals surface area contributed by atoms with Crippen molar-refractivity contribution in [2.45, 2.75) is 34.6 Å². The molecule has 0 bridgehead atoms. The van der Waals surface area contributed by atoms with Gasteiger partial charge in [-0.25, -0.2) is 4.98 Å². The van der Waals surface area contributed by atoms with Gasteiger partial charge in [0.2, 0.25) is 5.95 Å². The number of anilines is 2. The molecule has 0 aliphatic carbocycles. The quantitative estimate of drug-likeness (QED) is 0.814. The van der Waals surface area contributed by atoms with Crippen LogP contribution in [0.1, 0.15) is 33.4 Å². The van der Waals surface area contributed by atoms with Crippen molar-refractivity contribution in [3.8, 4) is 0 Å². The molecule has 1 rings (SSSR count). The van der Waals surface area contributed by atoms with Gasteiger partial charge in [0.1, 0.15) is 5.82 Å². The molecular weight excluding hydrogens is 224 g/mol. The van der Waals surface area contributed by atoms with Crippen LogP contribution >= 0.6 is 0 Å². The molecule has 1 aromatic rings. The van der Waals surface area contributed by atoms with Gasteiger partial charge in [-0.05, 0) is 24.7 Å². The standard InChI is InChI=1S/C14H26N4/c1-9(2)12(10(3)4)8-16-13-7-11(5)17-14(15-6)18-13/h7,9-10,12H,8H2,1-6H3,(H2,15,16,17,18). The molecule has 0 amide bonds. The lowest BCUT2D eigenvalue weighted by atomic mass is 9.85. The molecule has 0 saturated heterocycles. The van der Waals surface area contributed by atoms with E-state index in [4.69, 9.17) is 0 Å². The normalized spacial score (nSPS) is 11.4. The van der Waals surface area contributed by atoms with Gasteiger partial charge in [0.15, 0.2) is 0 Å². The third-order valence-electron chi connectivity index (χ3n) is 3.31. The van der Waals surface area contributed by atoms with Gasteiger partial charge in [-0.2, -0.15) is 4.98 Å². The van der Waals surface area contributed by atoms with Gasteiger partial charge in [-0.1, -0.05) is 27.7 Å². The number of rotatable bonds is 6. The van der Waals surface area contributed by atoms with Crippen LogP contribution in [0.3, 0.4) is 0 Å². The topological polar surface area (TPSA) is 49.8 Å². The molecule has 0 aromatic carbocycles. The lowest BCUT2D eigenvalue weighted by molar-refractivity contribution is 0.304. The number of aromatic nitrogens is 2. The Morgan fingerprint density at radius 2 is 1.72 bits per heavy atom. The predicted molar refractivity (Wildman–Crippen MR) is 78.0 cm³/mol. The maximum atomic E-state index is 4.41. The molecule has 0 atom stereocenters. The van der Waals surface area contributed by atoms with Crippen molar-refractivity contribution < 1.29 is 0 Å². The van der Waals surface area contributed by atoms with Gasteiger partial charge in [0.05, 0.1) is 0 Å². The fourth-order valence-electron chi connectivity index (χ4n) is 2.23. The second kappa shape index (κ2) is 6.57. The molecule has 4 heteroatoms. The fourth-order valence-corrected chi connectivity index (χ4v) is 2.23.